The number of pyridine rings is 1. The number of hydrogen-bond donors (Lipinski definition) is 2. The van der Waals surface area contributed by atoms with E-state index in [1.54, 1.807) is 12.4 Å². The smallest absolute Gasteiger partial charge is 0.220 e. The highest BCUT2D eigenvalue weighted by Crippen LogP contribution is 2.14. The molecule has 4 nitrogen and oxygen atoms in total. The Morgan fingerprint density at radius 2 is 2.32 bits per heavy atom. The highest BCUT2D eigenvalue weighted by Gasteiger charge is 2.16. The first kappa shape index (κ1) is 14.0. The Kier molecular flexibility index (Phi) is 5.33. The molecule has 0 bridgehead atoms. The molecule has 0 aliphatic carbocycles. The number of hydrogen-bond acceptors (Lipinski definition) is 3. The number of nitrogens with one attached hydrogen (secondary N) is 2. The Labute approximate surface area is 115 Å². The second kappa shape index (κ2) is 7.24. The summed E-state index contributed by atoms with van der Waals surface area (Å²) < 4.78 is 0. The Morgan fingerprint density at radius 1 is 1.53 bits per heavy atom. The van der Waals surface area contributed by atoms with Crippen LogP contribution in [0.2, 0.25) is 0 Å². The van der Waals surface area contributed by atoms with Crippen molar-refractivity contribution < 1.29 is 4.79 Å². The van der Waals surface area contributed by atoms with Gasteiger partial charge in [0.2, 0.25) is 5.91 Å². The summed E-state index contributed by atoms with van der Waals surface area (Å²) in [5.41, 5.74) is 1.21. The molecule has 4 heteroatoms. The molecule has 1 aliphatic heterocycles. The molecule has 2 rings (SSSR count). The molecule has 2 N–H and O–H groups in total. The van der Waals surface area contributed by atoms with Gasteiger partial charge in [0.15, 0.2) is 0 Å². The predicted molar refractivity (Wildman–Crippen MR) is 75.8 cm³/mol. The second-order valence-corrected chi connectivity index (χ2v) is 5.43. The molecule has 2 atom stereocenters. The largest absolute Gasteiger partial charge is 0.353 e. The van der Waals surface area contributed by atoms with Gasteiger partial charge < -0.3 is 10.6 Å². The van der Waals surface area contributed by atoms with Crippen molar-refractivity contribution in [3.05, 3.63) is 30.1 Å². The van der Waals surface area contributed by atoms with Gasteiger partial charge in [-0.05, 0) is 62.9 Å². The van der Waals surface area contributed by atoms with Crippen molar-refractivity contribution in [2.75, 3.05) is 13.1 Å². The second-order valence-electron chi connectivity index (χ2n) is 5.43. The minimum absolute atomic E-state index is 0.174. The van der Waals surface area contributed by atoms with Crippen molar-refractivity contribution in [1.29, 1.82) is 0 Å². The van der Waals surface area contributed by atoms with E-state index >= 15 is 0 Å². The van der Waals surface area contributed by atoms with Crippen LogP contribution >= 0.6 is 0 Å². The van der Waals surface area contributed by atoms with E-state index in [0.29, 0.717) is 12.3 Å². The fraction of sp³-hybridized carbons (Fsp3) is 0.600. The van der Waals surface area contributed by atoms with E-state index in [1.165, 1.54) is 12.0 Å². The zero-order valence-electron chi connectivity index (χ0n) is 11.6. The fourth-order valence-corrected chi connectivity index (χ4v) is 2.57. The first-order valence-corrected chi connectivity index (χ1v) is 7.13. The molecule has 19 heavy (non-hydrogen) atoms. The van der Waals surface area contributed by atoms with Crippen molar-refractivity contribution in [2.24, 2.45) is 5.92 Å². The maximum atomic E-state index is 11.9. The quantitative estimate of drug-likeness (QED) is 0.816. The maximum absolute atomic E-state index is 11.9. The summed E-state index contributed by atoms with van der Waals surface area (Å²) >= 11 is 0. The summed E-state index contributed by atoms with van der Waals surface area (Å²) in [5, 5.41) is 6.40. The number of carbonyl (C=O) groups excluding carboxylic acids is 1. The molecule has 0 spiro atoms. The lowest BCUT2D eigenvalue weighted by Gasteiger charge is -2.15. The number of rotatable bonds is 6. The lowest BCUT2D eigenvalue weighted by Crippen LogP contribution is -2.34. The van der Waals surface area contributed by atoms with Gasteiger partial charge in [0.05, 0.1) is 0 Å². The average molecular weight is 261 g/mol. The van der Waals surface area contributed by atoms with Gasteiger partial charge in [-0.3, -0.25) is 9.78 Å². The summed E-state index contributed by atoms with van der Waals surface area (Å²) in [6, 6.07) is 4.16. The first-order valence-electron chi connectivity index (χ1n) is 7.13. The van der Waals surface area contributed by atoms with Crippen LogP contribution in [0.3, 0.4) is 0 Å². The zero-order chi connectivity index (χ0) is 13.5. The van der Waals surface area contributed by atoms with Gasteiger partial charge in [0.1, 0.15) is 0 Å². The Morgan fingerprint density at radius 3 is 3.00 bits per heavy atom. The molecule has 2 unspecified atom stereocenters. The van der Waals surface area contributed by atoms with Crippen LogP contribution in [-0.4, -0.2) is 30.0 Å². The summed E-state index contributed by atoms with van der Waals surface area (Å²) in [4.78, 5) is 15.9. The first-order chi connectivity index (χ1) is 9.24. The zero-order valence-corrected chi connectivity index (χ0v) is 11.6. The summed E-state index contributed by atoms with van der Waals surface area (Å²) in [7, 11) is 0. The predicted octanol–water partition coefficient (Wildman–Crippen LogP) is 1.52. The van der Waals surface area contributed by atoms with E-state index < -0.39 is 0 Å². The Hall–Kier alpha value is -1.42. The third-order valence-electron chi connectivity index (χ3n) is 3.64. The van der Waals surface area contributed by atoms with Crippen LogP contribution in [0.1, 0.15) is 31.7 Å². The SMILES string of the molecule is CC(Cc1ccncc1)NC(=O)CCC1CCNC1. The van der Waals surface area contributed by atoms with Crippen LogP contribution in [0, 0.1) is 5.92 Å². The molecule has 104 valence electrons. The maximum Gasteiger partial charge on any atom is 0.220 e. The number of amides is 1. The van der Waals surface area contributed by atoms with Gasteiger partial charge in [0.25, 0.3) is 0 Å². The average Bonchev–Trinajstić information content (AvgIpc) is 2.90. The van der Waals surface area contributed by atoms with E-state index in [2.05, 4.69) is 22.5 Å². The molecule has 1 aromatic rings. The Balaban J connectivity index is 1.66. The Bertz CT molecular complexity index is 388. The van der Waals surface area contributed by atoms with Crippen molar-refractivity contribution in [3.63, 3.8) is 0 Å². The lowest BCUT2D eigenvalue weighted by molar-refractivity contribution is -0.121. The topological polar surface area (TPSA) is 54.0 Å². The lowest BCUT2D eigenvalue weighted by atomic mass is 10.0. The molecule has 0 radical (unpaired) electrons. The van der Waals surface area contributed by atoms with Gasteiger partial charge in [-0.2, -0.15) is 0 Å². The fourth-order valence-electron chi connectivity index (χ4n) is 2.57. The highest BCUT2D eigenvalue weighted by molar-refractivity contribution is 5.76. The van der Waals surface area contributed by atoms with E-state index in [4.69, 9.17) is 0 Å². The van der Waals surface area contributed by atoms with Crippen molar-refractivity contribution in [3.8, 4) is 0 Å². The van der Waals surface area contributed by atoms with Crippen LogP contribution < -0.4 is 10.6 Å². The summed E-state index contributed by atoms with van der Waals surface area (Å²) in [6.07, 6.45) is 7.29. The standard InChI is InChI=1S/C15H23N3O/c1-12(10-13-4-7-16-8-5-13)18-15(19)3-2-14-6-9-17-11-14/h4-5,7-8,12,14,17H,2-3,6,9-11H2,1H3,(H,18,19). The molecule has 2 heterocycles. The van der Waals surface area contributed by atoms with Crippen LogP contribution in [0.25, 0.3) is 0 Å². The van der Waals surface area contributed by atoms with Gasteiger partial charge >= 0.3 is 0 Å². The third-order valence-corrected chi connectivity index (χ3v) is 3.64. The number of nitrogens with zero attached hydrogens (tertiary/aromatic N) is 1. The number of aromatic nitrogens is 1. The molecule has 1 saturated heterocycles. The van der Waals surface area contributed by atoms with Crippen molar-refractivity contribution in [2.45, 2.75) is 38.6 Å². The van der Waals surface area contributed by atoms with Crippen molar-refractivity contribution >= 4 is 5.91 Å². The molecule has 1 aromatic heterocycles. The molecule has 1 aliphatic rings. The minimum atomic E-state index is 0.174. The molecular weight excluding hydrogens is 238 g/mol. The van der Waals surface area contributed by atoms with E-state index in [-0.39, 0.29) is 11.9 Å². The van der Waals surface area contributed by atoms with Crippen LogP contribution in [-0.2, 0) is 11.2 Å². The van der Waals surface area contributed by atoms with E-state index in [9.17, 15) is 4.79 Å². The molecule has 1 amide bonds. The highest BCUT2D eigenvalue weighted by atomic mass is 16.1. The monoisotopic (exact) mass is 261 g/mol. The van der Waals surface area contributed by atoms with E-state index in [0.717, 1.165) is 25.9 Å². The van der Waals surface area contributed by atoms with Gasteiger partial charge in [-0.25, -0.2) is 0 Å². The number of carbonyl (C=O) groups is 1. The third kappa shape index (κ3) is 4.99. The molecule has 0 aromatic carbocycles. The van der Waals surface area contributed by atoms with Crippen LogP contribution in [0.15, 0.2) is 24.5 Å². The molecule has 0 saturated carbocycles. The molecule has 1 fully saturated rings. The minimum Gasteiger partial charge on any atom is -0.353 e. The molecular formula is C15H23N3O. The van der Waals surface area contributed by atoms with Crippen LogP contribution in [0.4, 0.5) is 0 Å². The summed E-state index contributed by atoms with van der Waals surface area (Å²) in [5.74, 6) is 0.856. The van der Waals surface area contributed by atoms with Gasteiger partial charge in [-0.15, -0.1) is 0 Å². The van der Waals surface area contributed by atoms with Crippen LogP contribution in [0.5, 0.6) is 0 Å². The normalized spacial score (nSPS) is 20.2. The van der Waals surface area contributed by atoms with Gasteiger partial charge in [0, 0.05) is 24.9 Å². The van der Waals surface area contributed by atoms with Gasteiger partial charge in [-0.1, -0.05) is 0 Å². The van der Waals surface area contributed by atoms with Crippen molar-refractivity contribution in [1.82, 2.24) is 15.6 Å². The summed E-state index contributed by atoms with van der Waals surface area (Å²) in [6.45, 7) is 4.22. The van der Waals surface area contributed by atoms with E-state index in [1.807, 2.05) is 12.1 Å².